The monoisotopic (exact) mass is 493 g/mol. The van der Waals surface area contributed by atoms with E-state index in [1.54, 1.807) is 6.07 Å². The highest BCUT2D eigenvalue weighted by Gasteiger charge is 2.36. The van der Waals surface area contributed by atoms with Gasteiger partial charge in [0.05, 0.1) is 23.2 Å². The summed E-state index contributed by atoms with van der Waals surface area (Å²) in [5.74, 6) is 1.22. The topological polar surface area (TPSA) is 47.4 Å². The predicted molar refractivity (Wildman–Crippen MR) is 132 cm³/mol. The summed E-state index contributed by atoms with van der Waals surface area (Å²) in [4.78, 5) is 19.1. The second-order valence-electron chi connectivity index (χ2n) is 8.93. The molecule has 5 rings (SSSR count). The Balaban J connectivity index is 1.32. The fraction of sp³-hybridized carbons (Fsp3) is 0.286. The molecule has 1 fully saturated rings. The Morgan fingerprint density at radius 1 is 0.944 bits per heavy atom. The van der Waals surface area contributed by atoms with Gasteiger partial charge in [-0.05, 0) is 55.3 Å². The summed E-state index contributed by atoms with van der Waals surface area (Å²) in [6.07, 6.45) is -2.55. The fourth-order valence-corrected chi connectivity index (χ4v) is 4.70. The summed E-state index contributed by atoms with van der Waals surface area (Å²) >= 11 is 0. The number of ether oxygens (including phenoxy) is 1. The molecule has 1 amide bonds. The van der Waals surface area contributed by atoms with E-state index < -0.39 is 11.7 Å². The lowest BCUT2D eigenvalue weighted by Crippen LogP contribution is -2.25. The van der Waals surface area contributed by atoms with Crippen LogP contribution >= 0.6 is 0 Å². The van der Waals surface area contributed by atoms with Crippen molar-refractivity contribution < 1.29 is 22.7 Å². The molecule has 0 radical (unpaired) electrons. The van der Waals surface area contributed by atoms with E-state index in [2.05, 4.69) is 4.57 Å². The zero-order valence-corrected chi connectivity index (χ0v) is 19.6. The zero-order chi connectivity index (χ0) is 25.1. The lowest BCUT2D eigenvalue weighted by Gasteiger charge is -2.19. The number of halogens is 3. The molecule has 1 aliphatic heterocycles. The molecule has 1 aromatic heterocycles. The number of hydrogen-bond acceptors (Lipinski definition) is 3. The maximum Gasteiger partial charge on any atom is 0.416 e. The molecule has 5 nitrogen and oxygen atoms in total. The predicted octanol–water partition coefficient (Wildman–Crippen LogP) is 6.43. The van der Waals surface area contributed by atoms with Gasteiger partial charge < -0.3 is 14.2 Å². The largest absolute Gasteiger partial charge is 0.494 e. The van der Waals surface area contributed by atoms with Crippen molar-refractivity contribution in [3.8, 4) is 5.75 Å². The molecule has 186 valence electrons. The molecule has 1 aliphatic rings. The van der Waals surface area contributed by atoms with Crippen molar-refractivity contribution in [2.24, 2.45) is 0 Å². The number of amides is 1. The van der Waals surface area contributed by atoms with Crippen LogP contribution in [0.3, 0.4) is 0 Å². The first-order valence-corrected chi connectivity index (χ1v) is 12.0. The molecule has 2 heterocycles. The Hall–Kier alpha value is -3.81. The van der Waals surface area contributed by atoms with Crippen LogP contribution in [-0.4, -0.2) is 28.6 Å². The van der Waals surface area contributed by atoms with Gasteiger partial charge in [-0.2, -0.15) is 13.2 Å². The Morgan fingerprint density at radius 2 is 1.72 bits per heavy atom. The van der Waals surface area contributed by atoms with Gasteiger partial charge in [0, 0.05) is 31.1 Å². The van der Waals surface area contributed by atoms with Gasteiger partial charge >= 0.3 is 6.18 Å². The molecule has 0 spiro atoms. The highest BCUT2D eigenvalue weighted by molar-refractivity contribution is 5.96. The molecule has 0 bridgehead atoms. The van der Waals surface area contributed by atoms with Crippen LogP contribution in [0.25, 0.3) is 11.0 Å². The van der Waals surface area contributed by atoms with Crippen molar-refractivity contribution >= 4 is 22.6 Å². The van der Waals surface area contributed by atoms with Crippen LogP contribution < -0.4 is 9.64 Å². The van der Waals surface area contributed by atoms with Crippen molar-refractivity contribution in [1.29, 1.82) is 0 Å². The van der Waals surface area contributed by atoms with E-state index >= 15 is 0 Å². The third kappa shape index (κ3) is 5.08. The van der Waals surface area contributed by atoms with Gasteiger partial charge in [-0.25, -0.2) is 4.98 Å². The molecule has 0 N–H and O–H groups in total. The average Bonchev–Trinajstić information content (AvgIpc) is 3.44. The van der Waals surface area contributed by atoms with E-state index in [0.717, 1.165) is 47.6 Å². The van der Waals surface area contributed by atoms with Gasteiger partial charge in [-0.1, -0.05) is 36.4 Å². The van der Waals surface area contributed by atoms with Gasteiger partial charge in [-0.15, -0.1) is 0 Å². The number of para-hydroxylation sites is 3. The van der Waals surface area contributed by atoms with Crippen molar-refractivity contribution in [2.45, 2.75) is 37.9 Å². The van der Waals surface area contributed by atoms with Crippen molar-refractivity contribution in [3.63, 3.8) is 0 Å². The van der Waals surface area contributed by atoms with E-state index in [1.807, 2.05) is 54.6 Å². The van der Waals surface area contributed by atoms with Crippen LogP contribution in [-0.2, 0) is 17.5 Å². The summed E-state index contributed by atoms with van der Waals surface area (Å²) in [6.45, 7) is 1.60. The van der Waals surface area contributed by atoms with Crippen molar-refractivity contribution in [1.82, 2.24) is 9.55 Å². The zero-order valence-electron chi connectivity index (χ0n) is 19.6. The number of hydrogen-bond donors (Lipinski definition) is 0. The van der Waals surface area contributed by atoms with Gasteiger partial charge in [0.15, 0.2) is 0 Å². The van der Waals surface area contributed by atoms with Crippen LogP contribution in [0.5, 0.6) is 5.75 Å². The molecule has 3 aromatic carbocycles. The van der Waals surface area contributed by atoms with E-state index in [4.69, 9.17) is 9.72 Å². The standard InChI is InChI=1S/C28H26F3N3O2/c29-28(30,31)21-9-8-10-22(18-21)34-19-20(17-26(34)35)27-32-24-13-4-5-14-25(24)33(27)15-6-7-16-36-23-11-2-1-3-12-23/h1-5,8-14,18,20H,6-7,15-17,19H2/t20-/m0/s1. The molecule has 36 heavy (non-hydrogen) atoms. The first-order chi connectivity index (χ1) is 17.4. The van der Waals surface area contributed by atoms with E-state index in [1.165, 1.54) is 11.0 Å². The second-order valence-corrected chi connectivity index (χ2v) is 8.93. The number of alkyl halides is 3. The second kappa shape index (κ2) is 10.0. The van der Waals surface area contributed by atoms with E-state index in [-0.39, 0.29) is 23.9 Å². The van der Waals surface area contributed by atoms with Crippen LogP contribution in [0.1, 0.15) is 36.6 Å². The number of anilines is 1. The molecule has 0 unspecified atom stereocenters. The number of fused-ring (bicyclic) bond motifs is 1. The maximum absolute atomic E-state index is 13.2. The highest BCUT2D eigenvalue weighted by atomic mass is 19.4. The number of carbonyl (C=O) groups is 1. The van der Waals surface area contributed by atoms with Crippen LogP contribution in [0, 0.1) is 0 Å². The van der Waals surface area contributed by atoms with Gasteiger partial charge in [-0.3, -0.25) is 4.79 Å². The van der Waals surface area contributed by atoms with Gasteiger partial charge in [0.2, 0.25) is 5.91 Å². The maximum atomic E-state index is 13.2. The molecular formula is C28H26F3N3O2. The number of aromatic nitrogens is 2. The van der Waals surface area contributed by atoms with Crippen molar-refractivity contribution in [3.05, 3.63) is 90.3 Å². The average molecular weight is 494 g/mol. The van der Waals surface area contributed by atoms with Gasteiger partial charge in [0.1, 0.15) is 11.6 Å². The molecular weight excluding hydrogens is 467 g/mol. The van der Waals surface area contributed by atoms with E-state index in [0.29, 0.717) is 19.7 Å². The number of benzene rings is 3. The summed E-state index contributed by atoms with van der Waals surface area (Å²) in [5, 5.41) is 0. The number of nitrogens with zero attached hydrogens (tertiary/aromatic N) is 3. The lowest BCUT2D eigenvalue weighted by atomic mass is 10.1. The van der Waals surface area contributed by atoms with Crippen LogP contribution in [0.15, 0.2) is 78.9 Å². The molecule has 8 heteroatoms. The number of unbranched alkanes of at least 4 members (excludes halogenated alkanes) is 1. The number of rotatable bonds is 8. The Bertz CT molecular complexity index is 1350. The number of aryl methyl sites for hydroxylation is 1. The summed E-state index contributed by atoms with van der Waals surface area (Å²) in [5.41, 5.74) is 1.33. The minimum absolute atomic E-state index is 0.200. The third-order valence-corrected chi connectivity index (χ3v) is 6.45. The molecule has 0 saturated carbocycles. The first kappa shape index (κ1) is 23.9. The Morgan fingerprint density at radius 3 is 2.53 bits per heavy atom. The lowest BCUT2D eigenvalue weighted by molar-refractivity contribution is -0.137. The summed E-state index contributed by atoms with van der Waals surface area (Å²) < 4.78 is 47.6. The summed E-state index contributed by atoms with van der Waals surface area (Å²) in [6, 6.07) is 22.4. The normalized spacial score (nSPS) is 16.1. The number of imidazole rings is 1. The molecule has 0 aliphatic carbocycles. The minimum Gasteiger partial charge on any atom is -0.494 e. The SMILES string of the molecule is O=C1C[C@H](c2nc3ccccc3n2CCCCOc2ccccc2)CN1c1cccc(C(F)(F)F)c1. The molecule has 4 aromatic rings. The molecule has 1 saturated heterocycles. The van der Waals surface area contributed by atoms with E-state index in [9.17, 15) is 18.0 Å². The Labute approximate surface area is 207 Å². The Kier molecular flexibility index (Phi) is 6.67. The minimum atomic E-state index is -4.46. The highest BCUT2D eigenvalue weighted by Crippen LogP contribution is 2.36. The smallest absolute Gasteiger partial charge is 0.416 e. The van der Waals surface area contributed by atoms with Crippen LogP contribution in [0.2, 0.25) is 0 Å². The van der Waals surface area contributed by atoms with Gasteiger partial charge in [0.25, 0.3) is 0 Å². The van der Waals surface area contributed by atoms with Crippen LogP contribution in [0.4, 0.5) is 18.9 Å². The fourth-order valence-electron chi connectivity index (χ4n) is 4.70. The quantitative estimate of drug-likeness (QED) is 0.266. The number of carbonyl (C=O) groups excluding carboxylic acids is 1. The first-order valence-electron chi connectivity index (χ1n) is 12.0. The third-order valence-electron chi connectivity index (χ3n) is 6.45. The summed E-state index contributed by atoms with van der Waals surface area (Å²) in [7, 11) is 0. The van der Waals surface area contributed by atoms with Crippen molar-refractivity contribution in [2.75, 3.05) is 18.1 Å². The molecule has 1 atom stereocenters.